The summed E-state index contributed by atoms with van der Waals surface area (Å²) in [5.41, 5.74) is 2.30. The molecule has 7 nitrogen and oxygen atoms in total. The third-order valence-electron chi connectivity index (χ3n) is 6.43. The second-order valence-electron chi connectivity index (χ2n) is 8.91. The summed E-state index contributed by atoms with van der Waals surface area (Å²) in [5.74, 6) is 0.0812. The number of allylic oxidation sites excluding steroid dienone is 1. The molecule has 4 aromatic rings. The number of nitrogens with zero attached hydrogens (tertiary/aromatic N) is 2. The zero-order valence-corrected chi connectivity index (χ0v) is 23.4. The fourth-order valence-electron chi connectivity index (χ4n) is 4.52. The maximum Gasteiger partial charge on any atom is 0.338 e. The highest BCUT2D eigenvalue weighted by atomic mass is 35.5. The van der Waals surface area contributed by atoms with E-state index in [0.717, 1.165) is 5.56 Å². The predicted octanol–water partition coefficient (Wildman–Crippen LogP) is 4.79. The van der Waals surface area contributed by atoms with Gasteiger partial charge in [-0.05, 0) is 55.0 Å². The molecule has 10 heteroatoms. The maximum atomic E-state index is 13.9. The highest BCUT2D eigenvalue weighted by Crippen LogP contribution is 2.37. The highest BCUT2D eigenvalue weighted by Gasteiger charge is 2.35. The number of fused-ring (bicyclic) bond motifs is 1. The molecular weight excluding hydrogens is 555 g/mol. The molecule has 3 aromatic carbocycles. The minimum atomic E-state index is -0.871. The van der Waals surface area contributed by atoms with Crippen LogP contribution in [0.15, 0.2) is 87.8 Å². The molecule has 0 fully saturated rings. The summed E-state index contributed by atoms with van der Waals surface area (Å²) in [6, 6.07) is 17.5. The molecule has 0 bridgehead atoms. The Labute approximate surface area is 238 Å². The van der Waals surface area contributed by atoms with Crippen molar-refractivity contribution in [3.05, 3.63) is 125 Å². The van der Waals surface area contributed by atoms with E-state index in [1.807, 2.05) is 18.2 Å². The zero-order chi connectivity index (χ0) is 28.4. The second kappa shape index (κ2) is 11.5. The van der Waals surface area contributed by atoms with Gasteiger partial charge in [0.2, 0.25) is 0 Å². The Hall–Kier alpha value is -4.21. The van der Waals surface area contributed by atoms with Crippen LogP contribution in [0.3, 0.4) is 0 Å². The van der Waals surface area contributed by atoms with E-state index in [-0.39, 0.29) is 23.6 Å². The van der Waals surface area contributed by atoms with Crippen molar-refractivity contribution < 1.29 is 23.4 Å². The van der Waals surface area contributed by atoms with Gasteiger partial charge >= 0.3 is 5.97 Å². The number of ether oxygens (including phenoxy) is 3. The highest BCUT2D eigenvalue weighted by molar-refractivity contribution is 7.07. The van der Waals surface area contributed by atoms with Gasteiger partial charge in [-0.3, -0.25) is 9.36 Å². The molecule has 5 rings (SSSR count). The molecule has 40 heavy (non-hydrogen) atoms. The third kappa shape index (κ3) is 5.30. The van der Waals surface area contributed by atoms with E-state index in [2.05, 4.69) is 4.99 Å². The number of halogens is 2. The molecule has 0 saturated heterocycles. The minimum absolute atomic E-state index is 0.213. The monoisotopic (exact) mass is 578 g/mol. The van der Waals surface area contributed by atoms with E-state index < -0.39 is 12.0 Å². The molecule has 0 unspecified atom stereocenters. The van der Waals surface area contributed by atoms with Crippen LogP contribution in [-0.4, -0.2) is 24.8 Å². The van der Waals surface area contributed by atoms with Gasteiger partial charge < -0.3 is 14.2 Å². The minimum Gasteiger partial charge on any atom is -0.496 e. The van der Waals surface area contributed by atoms with Gasteiger partial charge in [0.05, 0.1) is 30.0 Å². The van der Waals surface area contributed by atoms with Crippen LogP contribution in [0.4, 0.5) is 4.39 Å². The summed E-state index contributed by atoms with van der Waals surface area (Å²) in [5, 5.41) is 0.420. The van der Waals surface area contributed by atoms with Crippen molar-refractivity contribution in [1.29, 1.82) is 0 Å². The summed E-state index contributed by atoms with van der Waals surface area (Å²) in [6.07, 6.45) is 1.73. The number of carbonyl (C=O) groups excluding carboxylic acids is 1. The van der Waals surface area contributed by atoms with E-state index in [0.29, 0.717) is 42.7 Å². The Morgan fingerprint density at radius 3 is 2.58 bits per heavy atom. The molecule has 1 aliphatic rings. The van der Waals surface area contributed by atoms with Gasteiger partial charge in [0.15, 0.2) is 4.80 Å². The number of rotatable bonds is 7. The average Bonchev–Trinajstić information content (AvgIpc) is 3.26. The molecule has 0 aliphatic carbocycles. The lowest BCUT2D eigenvalue weighted by Gasteiger charge is -2.25. The first-order valence-electron chi connectivity index (χ1n) is 12.2. The number of methoxy groups -OCH3 is 2. The first-order chi connectivity index (χ1) is 19.3. The molecular formula is C30H24ClFN2O5S. The smallest absolute Gasteiger partial charge is 0.338 e. The quantitative estimate of drug-likeness (QED) is 0.295. The number of aromatic nitrogens is 1. The van der Waals surface area contributed by atoms with Gasteiger partial charge in [-0.1, -0.05) is 53.3 Å². The van der Waals surface area contributed by atoms with Crippen LogP contribution < -0.4 is 24.4 Å². The van der Waals surface area contributed by atoms with E-state index in [1.165, 1.54) is 42.3 Å². The lowest BCUT2D eigenvalue weighted by Crippen LogP contribution is -2.40. The Morgan fingerprint density at radius 1 is 1.10 bits per heavy atom. The summed E-state index contributed by atoms with van der Waals surface area (Å²) >= 11 is 7.53. The molecule has 1 atom stereocenters. The molecule has 204 valence electrons. The van der Waals surface area contributed by atoms with Crippen molar-refractivity contribution in [2.45, 2.75) is 19.6 Å². The van der Waals surface area contributed by atoms with E-state index in [4.69, 9.17) is 25.8 Å². The molecule has 0 radical (unpaired) electrons. The van der Waals surface area contributed by atoms with Gasteiger partial charge in [0, 0.05) is 16.1 Å². The first-order valence-corrected chi connectivity index (χ1v) is 13.4. The first kappa shape index (κ1) is 27.4. The lowest BCUT2D eigenvalue weighted by molar-refractivity contribution is -0.136. The molecule has 0 amide bonds. The standard InChI is InChI=1S/C30H24ClFN2O5S/c1-17-26(29(36)38-3)27(22-15-20(31)10-13-24(22)37-2)34-28(35)25(40-30(34)33-17)14-19-6-4-5-7-23(19)39-16-18-8-11-21(32)12-9-18/h4-15,27H,16H2,1-3H3/b25-14-/t27-/m1/s1. The third-order valence-corrected chi connectivity index (χ3v) is 7.64. The summed E-state index contributed by atoms with van der Waals surface area (Å²) in [4.78, 5) is 31.9. The van der Waals surface area contributed by atoms with Crippen molar-refractivity contribution in [3.63, 3.8) is 0 Å². The molecule has 0 spiro atoms. The normalized spacial score (nSPS) is 14.9. The molecule has 2 heterocycles. The number of esters is 1. The molecule has 0 N–H and O–H groups in total. The van der Waals surface area contributed by atoms with E-state index in [1.54, 1.807) is 49.4 Å². The van der Waals surface area contributed by atoms with E-state index >= 15 is 0 Å². The van der Waals surface area contributed by atoms with Gasteiger partial charge in [0.1, 0.15) is 30.0 Å². The number of thiazole rings is 1. The van der Waals surface area contributed by atoms with Crippen LogP contribution in [0.2, 0.25) is 5.02 Å². The predicted molar refractivity (Wildman–Crippen MR) is 151 cm³/mol. The fraction of sp³-hybridized carbons (Fsp3) is 0.167. The summed E-state index contributed by atoms with van der Waals surface area (Å²) < 4.78 is 31.8. The van der Waals surface area contributed by atoms with Gasteiger partial charge in [0.25, 0.3) is 5.56 Å². The Kier molecular flexibility index (Phi) is 7.86. The van der Waals surface area contributed by atoms with Crippen LogP contribution in [-0.2, 0) is 16.1 Å². The molecule has 0 saturated carbocycles. The zero-order valence-electron chi connectivity index (χ0n) is 21.8. The maximum absolute atomic E-state index is 13.9. The van der Waals surface area contributed by atoms with Gasteiger partial charge in [-0.25, -0.2) is 14.2 Å². The van der Waals surface area contributed by atoms with Crippen molar-refractivity contribution in [1.82, 2.24) is 4.57 Å². The fourth-order valence-corrected chi connectivity index (χ4v) is 5.74. The van der Waals surface area contributed by atoms with Crippen molar-refractivity contribution in [2.24, 2.45) is 4.99 Å². The number of carbonyl (C=O) groups is 1. The van der Waals surface area contributed by atoms with Crippen LogP contribution in [0.1, 0.15) is 29.7 Å². The SMILES string of the molecule is COC(=O)C1=C(C)N=c2s/c(=C\c3ccccc3OCc3ccc(F)cc3)c(=O)n2[C@@H]1c1cc(Cl)ccc1OC. The average molecular weight is 579 g/mol. The number of para-hydroxylation sites is 1. The summed E-state index contributed by atoms with van der Waals surface area (Å²) in [7, 11) is 2.79. The Morgan fingerprint density at radius 2 is 1.85 bits per heavy atom. The Balaban J connectivity index is 1.63. The van der Waals surface area contributed by atoms with Crippen molar-refractivity contribution in [2.75, 3.05) is 14.2 Å². The Bertz CT molecular complexity index is 1810. The van der Waals surface area contributed by atoms with Crippen LogP contribution in [0, 0.1) is 5.82 Å². The van der Waals surface area contributed by atoms with Crippen molar-refractivity contribution in [3.8, 4) is 11.5 Å². The van der Waals surface area contributed by atoms with Crippen molar-refractivity contribution >= 4 is 35.0 Å². The van der Waals surface area contributed by atoms with E-state index in [9.17, 15) is 14.0 Å². The molecule has 1 aliphatic heterocycles. The topological polar surface area (TPSA) is 79.1 Å². The number of hydrogen-bond donors (Lipinski definition) is 0. The second-order valence-corrected chi connectivity index (χ2v) is 10.4. The number of hydrogen-bond acceptors (Lipinski definition) is 7. The lowest BCUT2D eigenvalue weighted by atomic mass is 9.95. The van der Waals surface area contributed by atoms with Crippen LogP contribution in [0.25, 0.3) is 6.08 Å². The van der Waals surface area contributed by atoms with Crippen LogP contribution >= 0.6 is 22.9 Å². The van der Waals surface area contributed by atoms with Gasteiger partial charge in [-0.2, -0.15) is 0 Å². The summed E-state index contributed by atoms with van der Waals surface area (Å²) in [6.45, 7) is 1.93. The van der Waals surface area contributed by atoms with Gasteiger partial charge in [-0.15, -0.1) is 0 Å². The van der Waals surface area contributed by atoms with Crippen LogP contribution in [0.5, 0.6) is 11.5 Å². The molecule has 1 aromatic heterocycles. The largest absolute Gasteiger partial charge is 0.496 e. The number of benzene rings is 3.